The molecule has 0 bridgehead atoms. The van der Waals surface area contributed by atoms with Crippen molar-refractivity contribution < 1.29 is 9.53 Å². The maximum absolute atomic E-state index is 12.0. The molecule has 0 aliphatic rings. The first-order valence-corrected chi connectivity index (χ1v) is 7.20. The van der Waals surface area contributed by atoms with Gasteiger partial charge in [-0.05, 0) is 31.4 Å². The van der Waals surface area contributed by atoms with Crippen LogP contribution in [0.2, 0.25) is 0 Å². The smallest absolute Gasteiger partial charge is 0.255 e. The molecule has 0 atom stereocenters. The molecular weight excluding hydrogens is 254 g/mol. The number of hydrogen-bond donors (Lipinski definition) is 2. The number of carbonyl (C=O) groups excluding carboxylic acids is 1. The van der Waals surface area contributed by atoms with Gasteiger partial charge < -0.3 is 15.4 Å². The van der Waals surface area contributed by atoms with Crippen LogP contribution in [0.25, 0.3) is 0 Å². The molecule has 112 valence electrons. The molecule has 0 fully saturated rings. The van der Waals surface area contributed by atoms with Gasteiger partial charge in [0.1, 0.15) is 5.82 Å². The second-order valence-corrected chi connectivity index (χ2v) is 4.98. The predicted octanol–water partition coefficient (Wildman–Crippen LogP) is 2.31. The summed E-state index contributed by atoms with van der Waals surface area (Å²) in [6.07, 6.45) is 2.71. The Morgan fingerprint density at radius 2 is 2.20 bits per heavy atom. The first-order chi connectivity index (χ1) is 9.65. The molecule has 0 aliphatic heterocycles. The zero-order valence-corrected chi connectivity index (χ0v) is 12.6. The number of nitrogens with zero attached hydrogens (tertiary/aromatic N) is 1. The fourth-order valence-corrected chi connectivity index (χ4v) is 1.65. The number of carbonyl (C=O) groups is 1. The quantitative estimate of drug-likeness (QED) is 0.681. The molecule has 0 radical (unpaired) electrons. The maximum Gasteiger partial charge on any atom is 0.255 e. The fourth-order valence-electron chi connectivity index (χ4n) is 1.65. The number of aromatic nitrogens is 1. The summed E-state index contributed by atoms with van der Waals surface area (Å²) in [5.74, 6) is 1.14. The first kappa shape index (κ1) is 16.4. The lowest BCUT2D eigenvalue weighted by atomic mass is 10.1. The Balaban J connectivity index is 2.32. The van der Waals surface area contributed by atoms with Gasteiger partial charge in [-0.1, -0.05) is 13.8 Å². The number of ether oxygens (including phenoxy) is 1. The lowest BCUT2D eigenvalue weighted by Gasteiger charge is -2.10. The van der Waals surface area contributed by atoms with E-state index in [4.69, 9.17) is 4.74 Å². The lowest BCUT2D eigenvalue weighted by molar-refractivity contribution is 0.0906. The third-order valence-electron chi connectivity index (χ3n) is 2.77. The molecule has 1 amide bonds. The number of anilines is 1. The molecule has 5 heteroatoms. The van der Waals surface area contributed by atoms with Gasteiger partial charge >= 0.3 is 0 Å². The van der Waals surface area contributed by atoms with Gasteiger partial charge in [-0.15, -0.1) is 0 Å². The highest BCUT2D eigenvalue weighted by molar-refractivity contribution is 5.98. The molecular formula is C15H25N3O2. The summed E-state index contributed by atoms with van der Waals surface area (Å²) in [6.45, 7) is 8.82. The van der Waals surface area contributed by atoms with Crippen LogP contribution in [0.3, 0.4) is 0 Å². The van der Waals surface area contributed by atoms with Crippen molar-refractivity contribution in [1.82, 2.24) is 10.3 Å². The van der Waals surface area contributed by atoms with E-state index < -0.39 is 0 Å². The Morgan fingerprint density at radius 1 is 1.40 bits per heavy atom. The van der Waals surface area contributed by atoms with Crippen LogP contribution in [-0.4, -0.2) is 37.2 Å². The van der Waals surface area contributed by atoms with Crippen molar-refractivity contribution in [2.75, 3.05) is 31.6 Å². The van der Waals surface area contributed by atoms with Gasteiger partial charge in [-0.25, -0.2) is 4.98 Å². The Morgan fingerprint density at radius 3 is 2.90 bits per heavy atom. The molecule has 0 spiro atoms. The number of nitrogens with one attached hydrogen (secondary N) is 2. The van der Waals surface area contributed by atoms with Gasteiger partial charge in [0.2, 0.25) is 0 Å². The zero-order valence-electron chi connectivity index (χ0n) is 12.6. The Kier molecular flexibility index (Phi) is 7.65. The molecule has 1 aromatic rings. The van der Waals surface area contributed by atoms with Crippen molar-refractivity contribution in [3.05, 3.63) is 23.9 Å². The Labute approximate surface area is 121 Å². The average molecular weight is 279 g/mol. The fraction of sp³-hybridized carbons (Fsp3) is 0.600. The van der Waals surface area contributed by atoms with E-state index in [0.29, 0.717) is 30.5 Å². The molecule has 5 nitrogen and oxygen atoms in total. The van der Waals surface area contributed by atoms with E-state index in [1.54, 1.807) is 18.3 Å². The monoisotopic (exact) mass is 279 g/mol. The first-order valence-electron chi connectivity index (χ1n) is 7.20. The van der Waals surface area contributed by atoms with Crippen molar-refractivity contribution in [3.8, 4) is 0 Å². The summed E-state index contributed by atoms with van der Waals surface area (Å²) in [4.78, 5) is 16.2. The van der Waals surface area contributed by atoms with Crippen molar-refractivity contribution in [3.63, 3.8) is 0 Å². The van der Waals surface area contributed by atoms with Gasteiger partial charge in [0, 0.05) is 25.9 Å². The third kappa shape index (κ3) is 6.02. The second kappa shape index (κ2) is 9.31. The number of hydrogen-bond acceptors (Lipinski definition) is 4. The highest BCUT2D eigenvalue weighted by Crippen LogP contribution is 2.10. The van der Waals surface area contributed by atoms with E-state index in [2.05, 4.69) is 29.5 Å². The maximum atomic E-state index is 12.0. The second-order valence-electron chi connectivity index (χ2n) is 4.98. The van der Waals surface area contributed by atoms with Crippen LogP contribution < -0.4 is 10.6 Å². The molecule has 0 unspecified atom stereocenters. The third-order valence-corrected chi connectivity index (χ3v) is 2.77. The van der Waals surface area contributed by atoms with Gasteiger partial charge in [-0.3, -0.25) is 4.79 Å². The summed E-state index contributed by atoms with van der Waals surface area (Å²) in [7, 11) is 0. The predicted molar refractivity (Wildman–Crippen MR) is 81.0 cm³/mol. The van der Waals surface area contributed by atoms with Crippen LogP contribution in [0.5, 0.6) is 0 Å². The van der Waals surface area contributed by atoms with Crippen LogP contribution in [0.1, 0.15) is 37.6 Å². The van der Waals surface area contributed by atoms with Gasteiger partial charge in [0.05, 0.1) is 12.2 Å². The van der Waals surface area contributed by atoms with Crippen LogP contribution in [0.15, 0.2) is 18.3 Å². The van der Waals surface area contributed by atoms with Gasteiger partial charge in [0.25, 0.3) is 5.91 Å². The minimum Gasteiger partial charge on any atom is -0.380 e. The molecule has 20 heavy (non-hydrogen) atoms. The Bertz CT molecular complexity index is 408. The van der Waals surface area contributed by atoms with E-state index >= 15 is 0 Å². The largest absolute Gasteiger partial charge is 0.380 e. The zero-order chi connectivity index (χ0) is 14.8. The van der Waals surface area contributed by atoms with Crippen LogP contribution >= 0.6 is 0 Å². The highest BCUT2D eigenvalue weighted by Gasteiger charge is 2.10. The SMILES string of the molecule is CCNc1ncccc1C(=O)NCCOCCC(C)C. The summed E-state index contributed by atoms with van der Waals surface area (Å²) in [5, 5.41) is 5.92. The molecule has 1 rings (SSSR count). The van der Waals surface area contributed by atoms with Gasteiger partial charge in [0.15, 0.2) is 0 Å². The molecule has 0 saturated heterocycles. The molecule has 0 aromatic carbocycles. The minimum absolute atomic E-state index is 0.124. The summed E-state index contributed by atoms with van der Waals surface area (Å²) in [6, 6.07) is 3.52. The van der Waals surface area contributed by atoms with Crippen LogP contribution in [-0.2, 0) is 4.74 Å². The van der Waals surface area contributed by atoms with E-state index in [1.807, 2.05) is 6.92 Å². The highest BCUT2D eigenvalue weighted by atomic mass is 16.5. The van der Waals surface area contributed by atoms with E-state index in [-0.39, 0.29) is 5.91 Å². The summed E-state index contributed by atoms with van der Waals surface area (Å²) < 4.78 is 5.46. The molecule has 1 heterocycles. The summed E-state index contributed by atoms with van der Waals surface area (Å²) >= 11 is 0. The standard InChI is InChI=1S/C15H25N3O2/c1-4-16-14-13(6-5-8-17-14)15(19)18-9-11-20-10-7-12(2)3/h5-6,8,12H,4,7,9-11H2,1-3H3,(H,16,17)(H,18,19). The molecule has 0 saturated carbocycles. The minimum atomic E-state index is -0.124. The van der Waals surface area contributed by atoms with Gasteiger partial charge in [-0.2, -0.15) is 0 Å². The van der Waals surface area contributed by atoms with E-state index in [9.17, 15) is 4.79 Å². The molecule has 2 N–H and O–H groups in total. The van der Waals surface area contributed by atoms with E-state index in [0.717, 1.165) is 19.6 Å². The molecule has 0 aliphatic carbocycles. The summed E-state index contributed by atoms with van der Waals surface area (Å²) in [5.41, 5.74) is 0.566. The van der Waals surface area contributed by atoms with Crippen molar-refractivity contribution in [2.24, 2.45) is 5.92 Å². The number of pyridine rings is 1. The van der Waals surface area contributed by atoms with Crippen LogP contribution in [0.4, 0.5) is 5.82 Å². The number of amides is 1. The lowest BCUT2D eigenvalue weighted by Crippen LogP contribution is -2.28. The topological polar surface area (TPSA) is 63.2 Å². The number of rotatable bonds is 9. The van der Waals surface area contributed by atoms with Crippen molar-refractivity contribution in [1.29, 1.82) is 0 Å². The van der Waals surface area contributed by atoms with Crippen LogP contribution in [0, 0.1) is 5.92 Å². The Hall–Kier alpha value is -1.62. The van der Waals surface area contributed by atoms with Crippen molar-refractivity contribution in [2.45, 2.75) is 27.2 Å². The van der Waals surface area contributed by atoms with Crippen molar-refractivity contribution >= 4 is 11.7 Å². The normalized spacial score (nSPS) is 10.6. The average Bonchev–Trinajstić information content (AvgIpc) is 2.43. The van der Waals surface area contributed by atoms with E-state index in [1.165, 1.54) is 0 Å². The molecule has 1 aromatic heterocycles.